The van der Waals surface area contributed by atoms with Crippen LogP contribution in [0.3, 0.4) is 0 Å². The van der Waals surface area contributed by atoms with Gasteiger partial charge in [0.05, 0.1) is 0 Å². The summed E-state index contributed by atoms with van der Waals surface area (Å²) in [4.78, 5) is 10.9. The van der Waals surface area contributed by atoms with E-state index in [9.17, 15) is 4.79 Å². The lowest BCUT2D eigenvalue weighted by atomic mass is 10.2. The van der Waals surface area contributed by atoms with Crippen LogP contribution in [0, 0.1) is 5.41 Å². The van der Waals surface area contributed by atoms with Crippen LogP contribution in [-0.4, -0.2) is 15.6 Å². The largest absolute Gasteiger partial charge is 0.477 e. The smallest absolute Gasteiger partial charge is 0.352 e. The first-order valence-electron chi connectivity index (χ1n) is 4.52. The standard InChI is InChI=1S/C10H12BrNO2/c1-10(2)4-8(10)12-5-6(11)3-7(12)9(13)14/h3,5,8H,4H2,1-2H3,(H,13,14). The van der Waals surface area contributed by atoms with Crippen LogP contribution < -0.4 is 0 Å². The quantitative estimate of drug-likeness (QED) is 0.886. The van der Waals surface area contributed by atoms with E-state index in [4.69, 9.17) is 5.11 Å². The second-order valence-electron chi connectivity index (χ2n) is 4.46. The molecule has 0 spiro atoms. The molecule has 1 fully saturated rings. The van der Waals surface area contributed by atoms with E-state index in [1.165, 1.54) is 0 Å². The van der Waals surface area contributed by atoms with E-state index >= 15 is 0 Å². The van der Waals surface area contributed by atoms with E-state index in [1.807, 2.05) is 10.8 Å². The lowest BCUT2D eigenvalue weighted by Gasteiger charge is -2.07. The van der Waals surface area contributed by atoms with Crippen LogP contribution >= 0.6 is 15.9 Å². The first kappa shape index (κ1) is 9.77. The average Bonchev–Trinajstić information content (AvgIpc) is 2.53. The number of carboxylic acid groups (broad SMARTS) is 1. The number of aromatic nitrogens is 1. The van der Waals surface area contributed by atoms with Crippen molar-refractivity contribution in [3.63, 3.8) is 0 Å². The SMILES string of the molecule is CC1(C)CC1n1cc(Br)cc1C(=O)O. The third-order valence-electron chi connectivity index (χ3n) is 2.83. The first-order chi connectivity index (χ1) is 6.42. The Bertz CT molecular complexity index is 395. The Morgan fingerprint density at radius 3 is 2.71 bits per heavy atom. The molecule has 14 heavy (non-hydrogen) atoms. The molecule has 0 radical (unpaired) electrons. The van der Waals surface area contributed by atoms with E-state index in [1.54, 1.807) is 6.07 Å². The highest BCUT2D eigenvalue weighted by Crippen LogP contribution is 2.56. The summed E-state index contributed by atoms with van der Waals surface area (Å²) in [7, 11) is 0. The topological polar surface area (TPSA) is 42.2 Å². The lowest BCUT2D eigenvalue weighted by Crippen LogP contribution is -2.08. The van der Waals surface area contributed by atoms with Gasteiger partial charge >= 0.3 is 5.97 Å². The molecule has 1 unspecified atom stereocenters. The molecular weight excluding hydrogens is 246 g/mol. The summed E-state index contributed by atoms with van der Waals surface area (Å²) in [6, 6.07) is 1.98. The summed E-state index contributed by atoms with van der Waals surface area (Å²) in [5.74, 6) is -0.863. The minimum atomic E-state index is -0.863. The van der Waals surface area contributed by atoms with E-state index in [0.717, 1.165) is 10.9 Å². The molecule has 0 bridgehead atoms. The van der Waals surface area contributed by atoms with Crippen LogP contribution in [0.4, 0.5) is 0 Å². The third-order valence-corrected chi connectivity index (χ3v) is 3.27. The van der Waals surface area contributed by atoms with Crippen molar-refractivity contribution >= 4 is 21.9 Å². The number of aromatic carboxylic acids is 1. The average molecular weight is 258 g/mol. The highest BCUT2D eigenvalue weighted by Gasteiger charge is 2.48. The Labute approximate surface area is 90.9 Å². The molecule has 0 amide bonds. The fraction of sp³-hybridized carbons (Fsp3) is 0.500. The number of nitrogens with zero attached hydrogens (tertiary/aromatic N) is 1. The van der Waals surface area contributed by atoms with Crippen LogP contribution in [0.25, 0.3) is 0 Å². The number of rotatable bonds is 2. The Hall–Kier alpha value is -0.770. The van der Waals surface area contributed by atoms with Crippen molar-refractivity contribution in [2.45, 2.75) is 26.3 Å². The van der Waals surface area contributed by atoms with Gasteiger partial charge in [0.15, 0.2) is 0 Å². The predicted molar refractivity (Wildman–Crippen MR) is 56.5 cm³/mol. The maximum atomic E-state index is 10.9. The van der Waals surface area contributed by atoms with Crippen molar-refractivity contribution < 1.29 is 9.90 Å². The summed E-state index contributed by atoms with van der Waals surface area (Å²) in [5.41, 5.74) is 0.607. The summed E-state index contributed by atoms with van der Waals surface area (Å²) in [6.07, 6.45) is 2.90. The van der Waals surface area contributed by atoms with Crippen LogP contribution in [0.15, 0.2) is 16.7 Å². The van der Waals surface area contributed by atoms with E-state index in [-0.39, 0.29) is 5.41 Å². The van der Waals surface area contributed by atoms with Gasteiger partial charge in [-0.3, -0.25) is 0 Å². The molecule has 1 aliphatic carbocycles. The van der Waals surface area contributed by atoms with Gasteiger partial charge in [-0.2, -0.15) is 0 Å². The normalized spacial score (nSPS) is 23.5. The molecule has 2 rings (SSSR count). The highest BCUT2D eigenvalue weighted by atomic mass is 79.9. The molecule has 1 aromatic rings. The molecule has 1 aromatic heterocycles. The second kappa shape index (κ2) is 2.86. The van der Waals surface area contributed by atoms with E-state index < -0.39 is 5.97 Å². The summed E-state index contributed by atoms with van der Waals surface area (Å²) in [6.45, 7) is 4.30. The number of carbonyl (C=O) groups is 1. The Morgan fingerprint density at radius 1 is 1.71 bits per heavy atom. The Balaban J connectivity index is 2.39. The lowest BCUT2D eigenvalue weighted by molar-refractivity contribution is 0.0684. The van der Waals surface area contributed by atoms with E-state index in [2.05, 4.69) is 29.8 Å². The van der Waals surface area contributed by atoms with Gasteiger partial charge in [-0.25, -0.2) is 4.79 Å². The maximum Gasteiger partial charge on any atom is 0.352 e. The van der Waals surface area contributed by atoms with Crippen molar-refractivity contribution in [2.75, 3.05) is 0 Å². The zero-order valence-corrected chi connectivity index (χ0v) is 9.71. The molecule has 1 saturated carbocycles. The van der Waals surface area contributed by atoms with Crippen LogP contribution in [-0.2, 0) is 0 Å². The third kappa shape index (κ3) is 1.47. The molecule has 1 heterocycles. The van der Waals surface area contributed by atoms with Gasteiger partial charge in [0.25, 0.3) is 0 Å². The van der Waals surface area contributed by atoms with Gasteiger partial charge < -0.3 is 9.67 Å². The molecule has 4 heteroatoms. The predicted octanol–water partition coefficient (Wildman–Crippen LogP) is 2.92. The number of hydrogen-bond acceptors (Lipinski definition) is 1. The highest BCUT2D eigenvalue weighted by molar-refractivity contribution is 9.10. The van der Waals surface area contributed by atoms with Crippen molar-refractivity contribution in [3.8, 4) is 0 Å². The minimum Gasteiger partial charge on any atom is -0.477 e. The molecule has 1 N–H and O–H groups in total. The van der Waals surface area contributed by atoms with Crippen molar-refractivity contribution in [1.29, 1.82) is 0 Å². The molecule has 0 saturated heterocycles. The molecule has 1 atom stereocenters. The van der Waals surface area contributed by atoms with Crippen LogP contribution in [0.5, 0.6) is 0 Å². The van der Waals surface area contributed by atoms with Gasteiger partial charge in [-0.1, -0.05) is 13.8 Å². The summed E-state index contributed by atoms with van der Waals surface area (Å²) in [5, 5.41) is 8.98. The van der Waals surface area contributed by atoms with E-state index in [0.29, 0.717) is 11.7 Å². The number of halogens is 1. The fourth-order valence-electron chi connectivity index (χ4n) is 1.79. The minimum absolute atomic E-state index is 0.239. The second-order valence-corrected chi connectivity index (χ2v) is 5.38. The van der Waals surface area contributed by atoms with Crippen molar-refractivity contribution in [3.05, 3.63) is 22.4 Å². The van der Waals surface area contributed by atoms with Gasteiger partial charge in [0, 0.05) is 16.7 Å². The molecule has 0 aromatic carbocycles. The summed E-state index contributed by atoms with van der Waals surface area (Å²) < 4.78 is 2.68. The zero-order chi connectivity index (χ0) is 10.5. The van der Waals surface area contributed by atoms with Gasteiger partial charge in [-0.15, -0.1) is 0 Å². The van der Waals surface area contributed by atoms with Gasteiger partial charge in [0.1, 0.15) is 5.69 Å². The first-order valence-corrected chi connectivity index (χ1v) is 5.32. The van der Waals surface area contributed by atoms with Gasteiger partial charge in [-0.05, 0) is 33.8 Å². The van der Waals surface area contributed by atoms with Crippen molar-refractivity contribution in [2.24, 2.45) is 5.41 Å². The fourth-order valence-corrected chi connectivity index (χ4v) is 2.23. The monoisotopic (exact) mass is 257 g/mol. The molecule has 1 aliphatic rings. The number of hydrogen-bond donors (Lipinski definition) is 1. The molecular formula is C10H12BrNO2. The zero-order valence-electron chi connectivity index (χ0n) is 8.12. The van der Waals surface area contributed by atoms with Crippen LogP contribution in [0.1, 0.15) is 36.8 Å². The summed E-state index contributed by atoms with van der Waals surface area (Å²) >= 11 is 3.30. The van der Waals surface area contributed by atoms with Crippen molar-refractivity contribution in [1.82, 2.24) is 4.57 Å². The van der Waals surface area contributed by atoms with Crippen LogP contribution in [0.2, 0.25) is 0 Å². The number of carboxylic acids is 1. The Morgan fingerprint density at radius 2 is 2.29 bits per heavy atom. The molecule has 76 valence electrons. The maximum absolute atomic E-state index is 10.9. The molecule has 3 nitrogen and oxygen atoms in total. The molecule has 0 aliphatic heterocycles. The van der Waals surface area contributed by atoms with Gasteiger partial charge in [0.2, 0.25) is 0 Å². The Kier molecular flexibility index (Phi) is 2.00.